The van der Waals surface area contributed by atoms with Gasteiger partial charge in [-0.2, -0.15) is 0 Å². The van der Waals surface area contributed by atoms with Gasteiger partial charge in [-0.1, -0.05) is 18.2 Å². The van der Waals surface area contributed by atoms with Crippen LogP contribution >= 0.6 is 0 Å². The number of amides is 2. The molecule has 0 heterocycles. The SMILES string of the molecule is COc1ccc(C(=O)NC(=Cc2ccccc2[N+](=O)[O-])C(=O)Nc2cccc(F)c2)cc1[N+](=O)[O-]. The normalized spacial score (nSPS) is 10.9. The Labute approximate surface area is 197 Å². The topological polar surface area (TPSA) is 154 Å². The van der Waals surface area contributed by atoms with Gasteiger partial charge < -0.3 is 15.4 Å². The Morgan fingerprint density at radius 1 is 0.943 bits per heavy atom. The van der Waals surface area contributed by atoms with E-state index in [4.69, 9.17) is 4.74 Å². The van der Waals surface area contributed by atoms with Gasteiger partial charge in [-0.25, -0.2) is 4.39 Å². The second-order valence-corrected chi connectivity index (χ2v) is 6.94. The van der Waals surface area contributed by atoms with Crippen LogP contribution in [0.15, 0.2) is 72.4 Å². The van der Waals surface area contributed by atoms with Crippen molar-refractivity contribution in [2.75, 3.05) is 12.4 Å². The van der Waals surface area contributed by atoms with Gasteiger partial charge in [0.25, 0.3) is 17.5 Å². The van der Waals surface area contributed by atoms with E-state index in [1.807, 2.05) is 0 Å². The molecule has 0 spiro atoms. The number of nitrogens with zero attached hydrogens (tertiary/aromatic N) is 2. The largest absolute Gasteiger partial charge is 0.490 e. The van der Waals surface area contributed by atoms with E-state index in [0.29, 0.717) is 0 Å². The minimum absolute atomic E-state index is 0.00269. The van der Waals surface area contributed by atoms with Crippen LogP contribution in [0, 0.1) is 26.0 Å². The summed E-state index contributed by atoms with van der Waals surface area (Å²) in [7, 11) is 1.23. The van der Waals surface area contributed by atoms with Gasteiger partial charge in [0.2, 0.25) is 0 Å². The van der Waals surface area contributed by atoms with Crippen LogP contribution < -0.4 is 15.4 Å². The number of hydrogen-bond donors (Lipinski definition) is 2. The first-order valence-corrected chi connectivity index (χ1v) is 9.85. The number of anilines is 1. The summed E-state index contributed by atoms with van der Waals surface area (Å²) < 4.78 is 18.4. The van der Waals surface area contributed by atoms with E-state index >= 15 is 0 Å². The van der Waals surface area contributed by atoms with Gasteiger partial charge >= 0.3 is 5.69 Å². The molecule has 11 nitrogen and oxygen atoms in total. The number of carbonyl (C=O) groups is 2. The van der Waals surface area contributed by atoms with Crippen LogP contribution in [-0.2, 0) is 4.79 Å². The maximum atomic E-state index is 13.5. The molecule has 0 aliphatic carbocycles. The van der Waals surface area contributed by atoms with E-state index in [0.717, 1.165) is 24.3 Å². The quantitative estimate of drug-likeness (QED) is 0.280. The number of carbonyl (C=O) groups excluding carboxylic acids is 2. The molecule has 0 unspecified atom stereocenters. The van der Waals surface area contributed by atoms with E-state index in [1.165, 1.54) is 55.6 Å². The zero-order valence-electron chi connectivity index (χ0n) is 18.1. The molecule has 0 bridgehead atoms. The fourth-order valence-corrected chi connectivity index (χ4v) is 3.02. The molecule has 0 radical (unpaired) electrons. The smallest absolute Gasteiger partial charge is 0.311 e. The molecule has 2 N–H and O–H groups in total. The fourth-order valence-electron chi connectivity index (χ4n) is 3.02. The Morgan fingerprint density at radius 3 is 2.31 bits per heavy atom. The van der Waals surface area contributed by atoms with Crippen molar-refractivity contribution >= 4 is 35.0 Å². The lowest BCUT2D eigenvalue weighted by molar-refractivity contribution is -0.385. The van der Waals surface area contributed by atoms with Gasteiger partial charge in [0.05, 0.1) is 22.5 Å². The van der Waals surface area contributed by atoms with Gasteiger partial charge in [0.15, 0.2) is 5.75 Å². The van der Waals surface area contributed by atoms with Gasteiger partial charge in [-0.3, -0.25) is 29.8 Å². The summed E-state index contributed by atoms with van der Waals surface area (Å²) in [4.78, 5) is 47.1. The molecule has 3 aromatic carbocycles. The summed E-state index contributed by atoms with van der Waals surface area (Å²) in [6.45, 7) is 0. The first kappa shape index (κ1) is 24.5. The number of methoxy groups -OCH3 is 1. The molecule has 0 aliphatic heterocycles. The average molecular weight is 480 g/mol. The van der Waals surface area contributed by atoms with Crippen LogP contribution in [0.4, 0.5) is 21.5 Å². The van der Waals surface area contributed by atoms with E-state index in [9.17, 15) is 34.2 Å². The highest BCUT2D eigenvalue weighted by Gasteiger charge is 2.22. The molecular weight excluding hydrogens is 463 g/mol. The van der Waals surface area contributed by atoms with Crippen molar-refractivity contribution in [3.63, 3.8) is 0 Å². The van der Waals surface area contributed by atoms with Crippen LogP contribution in [0.5, 0.6) is 5.75 Å². The van der Waals surface area contributed by atoms with E-state index in [1.54, 1.807) is 0 Å². The van der Waals surface area contributed by atoms with Gasteiger partial charge in [0, 0.05) is 23.4 Å². The van der Waals surface area contributed by atoms with Crippen molar-refractivity contribution in [2.24, 2.45) is 0 Å². The average Bonchev–Trinajstić information content (AvgIpc) is 2.83. The number of rotatable bonds is 8. The first-order chi connectivity index (χ1) is 16.7. The molecule has 0 saturated carbocycles. The van der Waals surface area contributed by atoms with E-state index in [2.05, 4.69) is 10.6 Å². The Bertz CT molecular complexity index is 1360. The van der Waals surface area contributed by atoms with Gasteiger partial charge in [0.1, 0.15) is 11.5 Å². The number of nitro groups is 2. The van der Waals surface area contributed by atoms with Crippen LogP contribution in [0.1, 0.15) is 15.9 Å². The lowest BCUT2D eigenvalue weighted by Crippen LogP contribution is -2.30. The Balaban J connectivity index is 2.01. The lowest BCUT2D eigenvalue weighted by Gasteiger charge is -2.12. The summed E-state index contributed by atoms with van der Waals surface area (Å²) in [5, 5.41) is 27.4. The Morgan fingerprint density at radius 2 is 1.66 bits per heavy atom. The highest BCUT2D eigenvalue weighted by Crippen LogP contribution is 2.28. The summed E-state index contributed by atoms with van der Waals surface area (Å²) in [5.41, 5.74) is -1.34. The number of para-hydroxylation sites is 1. The highest BCUT2D eigenvalue weighted by molar-refractivity contribution is 6.11. The minimum atomic E-state index is -0.912. The summed E-state index contributed by atoms with van der Waals surface area (Å²) in [6, 6.07) is 13.9. The van der Waals surface area contributed by atoms with Crippen LogP contribution in [0.3, 0.4) is 0 Å². The minimum Gasteiger partial charge on any atom is -0.490 e. The van der Waals surface area contributed by atoms with E-state index in [-0.39, 0.29) is 28.3 Å². The van der Waals surface area contributed by atoms with Crippen molar-refractivity contribution in [2.45, 2.75) is 0 Å². The fraction of sp³-hybridized carbons (Fsp3) is 0.0435. The summed E-state index contributed by atoms with van der Waals surface area (Å²) in [5.74, 6) is -2.52. The summed E-state index contributed by atoms with van der Waals surface area (Å²) >= 11 is 0. The monoisotopic (exact) mass is 480 g/mol. The number of benzene rings is 3. The van der Waals surface area contributed by atoms with Crippen molar-refractivity contribution in [1.29, 1.82) is 0 Å². The maximum Gasteiger partial charge on any atom is 0.311 e. The third-order valence-electron chi connectivity index (χ3n) is 4.65. The highest BCUT2D eigenvalue weighted by atomic mass is 19.1. The van der Waals surface area contributed by atoms with Gasteiger partial charge in [-0.05, 0) is 42.5 Å². The number of nitro benzene ring substituents is 2. The predicted octanol–water partition coefficient (Wildman–Crippen LogP) is 4.06. The van der Waals surface area contributed by atoms with Crippen molar-refractivity contribution in [3.8, 4) is 5.75 Å². The molecule has 12 heteroatoms. The van der Waals surface area contributed by atoms with Crippen molar-refractivity contribution < 1.29 is 28.6 Å². The van der Waals surface area contributed by atoms with Crippen LogP contribution in [0.2, 0.25) is 0 Å². The number of halogens is 1. The second-order valence-electron chi connectivity index (χ2n) is 6.94. The molecular formula is C23H17FN4O7. The maximum absolute atomic E-state index is 13.5. The molecule has 0 saturated heterocycles. The third-order valence-corrected chi connectivity index (χ3v) is 4.65. The molecule has 2 amide bonds. The summed E-state index contributed by atoms with van der Waals surface area (Å²) in [6.07, 6.45) is 1.07. The molecule has 178 valence electrons. The van der Waals surface area contributed by atoms with E-state index < -0.39 is 38.9 Å². The van der Waals surface area contributed by atoms with Gasteiger partial charge in [-0.15, -0.1) is 0 Å². The number of nitrogens with one attached hydrogen (secondary N) is 2. The molecule has 0 fully saturated rings. The molecule has 3 aromatic rings. The standard InChI is InChI=1S/C23H17FN4O7/c1-35-21-10-9-15(12-20(21)28(33)34)22(29)26-18(11-14-5-2-3-8-19(14)27(31)32)23(30)25-17-7-4-6-16(24)13-17/h2-13H,1H3,(H,25,30)(H,26,29). The second kappa shape index (κ2) is 10.7. The third kappa shape index (κ3) is 6.01. The predicted molar refractivity (Wildman–Crippen MR) is 123 cm³/mol. The number of hydrogen-bond acceptors (Lipinski definition) is 7. The van der Waals surface area contributed by atoms with Crippen LogP contribution in [0.25, 0.3) is 6.08 Å². The van der Waals surface area contributed by atoms with Crippen molar-refractivity contribution in [3.05, 3.63) is 110 Å². The zero-order chi connectivity index (χ0) is 25.5. The first-order valence-electron chi connectivity index (χ1n) is 9.85. The van der Waals surface area contributed by atoms with Crippen molar-refractivity contribution in [1.82, 2.24) is 5.32 Å². The number of ether oxygens (including phenoxy) is 1. The molecule has 0 aliphatic rings. The molecule has 35 heavy (non-hydrogen) atoms. The Hall–Kier alpha value is -5.13. The van der Waals surface area contributed by atoms with Crippen LogP contribution in [-0.4, -0.2) is 28.8 Å². The zero-order valence-corrected chi connectivity index (χ0v) is 18.1. The molecule has 3 rings (SSSR count). The molecule has 0 aromatic heterocycles. The lowest BCUT2D eigenvalue weighted by atomic mass is 10.1. The molecule has 0 atom stereocenters. The Kier molecular flexibility index (Phi) is 7.46.